The Hall–Kier alpha value is -3.16. The highest BCUT2D eigenvalue weighted by atomic mass is 16.2. The maximum absolute atomic E-state index is 11.9. The fraction of sp³-hybridized carbons (Fsp3) is 0.333. The van der Waals surface area contributed by atoms with Crippen LogP contribution in [0.15, 0.2) is 36.7 Å². The van der Waals surface area contributed by atoms with Crippen LogP contribution < -0.4 is 10.6 Å². The number of nitrogens with zero attached hydrogens (tertiary/aromatic N) is 4. The zero-order chi connectivity index (χ0) is 18.5. The van der Waals surface area contributed by atoms with Gasteiger partial charge in [0, 0.05) is 25.8 Å². The molecular weight excluding hydrogens is 332 g/mol. The van der Waals surface area contributed by atoms with Gasteiger partial charge >= 0.3 is 0 Å². The molecule has 0 bridgehead atoms. The van der Waals surface area contributed by atoms with Gasteiger partial charge in [-0.2, -0.15) is 5.10 Å². The number of carbonyl (C=O) groups is 2. The number of para-hydroxylation sites is 2. The van der Waals surface area contributed by atoms with E-state index in [4.69, 9.17) is 0 Å². The number of aromatic nitrogens is 4. The van der Waals surface area contributed by atoms with Crippen LogP contribution in [0.1, 0.15) is 22.6 Å². The van der Waals surface area contributed by atoms with Crippen LogP contribution in [-0.2, 0) is 18.4 Å². The van der Waals surface area contributed by atoms with Crippen LogP contribution in [0.4, 0.5) is 0 Å². The van der Waals surface area contributed by atoms with Gasteiger partial charge in [0.2, 0.25) is 5.91 Å². The Labute approximate surface area is 151 Å². The van der Waals surface area contributed by atoms with Gasteiger partial charge in [-0.25, -0.2) is 4.98 Å². The number of hydrogen-bond acceptors (Lipinski definition) is 4. The summed E-state index contributed by atoms with van der Waals surface area (Å²) in [5, 5.41) is 9.46. The summed E-state index contributed by atoms with van der Waals surface area (Å²) in [7, 11) is 1.77. The second-order valence-corrected chi connectivity index (χ2v) is 6.11. The Kier molecular flexibility index (Phi) is 5.31. The number of hydrogen-bond donors (Lipinski definition) is 2. The number of carbonyl (C=O) groups excluding carboxylic acids is 2. The maximum atomic E-state index is 11.9. The molecule has 1 aromatic carbocycles. The molecule has 0 fully saturated rings. The van der Waals surface area contributed by atoms with Gasteiger partial charge in [0.25, 0.3) is 5.91 Å². The smallest absolute Gasteiger partial charge is 0.272 e. The first-order valence-corrected chi connectivity index (χ1v) is 8.50. The van der Waals surface area contributed by atoms with E-state index in [1.165, 1.54) is 0 Å². The minimum atomic E-state index is -0.353. The van der Waals surface area contributed by atoms with Crippen LogP contribution >= 0.6 is 0 Å². The van der Waals surface area contributed by atoms with E-state index in [9.17, 15) is 9.59 Å². The van der Waals surface area contributed by atoms with E-state index >= 15 is 0 Å². The lowest BCUT2D eigenvalue weighted by Crippen LogP contribution is -2.37. The summed E-state index contributed by atoms with van der Waals surface area (Å²) in [6.45, 7) is 3.09. The number of fused-ring (bicyclic) bond motifs is 1. The SMILES string of the molecule is Cc1cc(C(=O)NCC(=O)NCCCn2cnc3ccccc32)nn1C. The Morgan fingerprint density at radius 1 is 1.19 bits per heavy atom. The van der Waals surface area contributed by atoms with E-state index in [0.717, 1.165) is 29.7 Å². The summed E-state index contributed by atoms with van der Waals surface area (Å²) < 4.78 is 3.68. The molecule has 0 unspecified atom stereocenters. The van der Waals surface area contributed by atoms with Crippen LogP contribution in [0.2, 0.25) is 0 Å². The van der Waals surface area contributed by atoms with Crippen LogP contribution in [0.25, 0.3) is 11.0 Å². The predicted molar refractivity (Wildman–Crippen MR) is 97.6 cm³/mol. The lowest BCUT2D eigenvalue weighted by molar-refractivity contribution is -0.120. The summed E-state index contributed by atoms with van der Waals surface area (Å²) in [6, 6.07) is 9.62. The van der Waals surface area contributed by atoms with Crippen LogP contribution in [0.5, 0.6) is 0 Å². The van der Waals surface area contributed by atoms with E-state index < -0.39 is 0 Å². The molecular formula is C18H22N6O2. The number of nitrogens with one attached hydrogen (secondary N) is 2. The molecule has 8 heteroatoms. The van der Waals surface area contributed by atoms with Crippen molar-refractivity contribution in [1.82, 2.24) is 30.0 Å². The standard InChI is InChI=1S/C18H22N6O2/c1-13-10-15(22-23(13)2)18(26)20-11-17(25)19-8-5-9-24-12-21-14-6-3-4-7-16(14)24/h3-4,6-7,10,12H,5,8-9,11H2,1-2H3,(H,19,25)(H,20,26). The molecule has 2 N–H and O–H groups in total. The third kappa shape index (κ3) is 4.08. The topological polar surface area (TPSA) is 93.8 Å². The first kappa shape index (κ1) is 17.7. The molecule has 0 saturated heterocycles. The maximum Gasteiger partial charge on any atom is 0.272 e. The van der Waals surface area contributed by atoms with Crippen molar-refractivity contribution in [2.75, 3.05) is 13.1 Å². The lowest BCUT2D eigenvalue weighted by atomic mass is 10.3. The van der Waals surface area contributed by atoms with Crippen molar-refractivity contribution in [1.29, 1.82) is 0 Å². The van der Waals surface area contributed by atoms with E-state index in [2.05, 4.69) is 25.3 Å². The number of aryl methyl sites for hydroxylation is 3. The molecule has 3 rings (SSSR count). The summed E-state index contributed by atoms with van der Waals surface area (Å²) in [4.78, 5) is 28.1. The zero-order valence-electron chi connectivity index (χ0n) is 14.9. The molecule has 2 aromatic heterocycles. The largest absolute Gasteiger partial charge is 0.355 e. The van der Waals surface area contributed by atoms with Gasteiger partial charge in [-0.3, -0.25) is 14.3 Å². The molecule has 0 aliphatic carbocycles. The second kappa shape index (κ2) is 7.81. The van der Waals surface area contributed by atoms with E-state index in [0.29, 0.717) is 12.2 Å². The molecule has 0 saturated carbocycles. The molecule has 0 aliphatic rings. The fourth-order valence-corrected chi connectivity index (χ4v) is 2.65. The minimum absolute atomic E-state index is 0.0670. The van der Waals surface area contributed by atoms with Gasteiger partial charge in [0.15, 0.2) is 0 Å². The predicted octanol–water partition coefficient (Wildman–Crippen LogP) is 1.01. The molecule has 26 heavy (non-hydrogen) atoms. The van der Waals surface area contributed by atoms with Gasteiger partial charge in [0.1, 0.15) is 5.69 Å². The molecule has 3 aromatic rings. The van der Waals surface area contributed by atoms with E-state index in [1.807, 2.05) is 37.5 Å². The second-order valence-electron chi connectivity index (χ2n) is 6.11. The summed E-state index contributed by atoms with van der Waals surface area (Å²) >= 11 is 0. The van der Waals surface area contributed by atoms with E-state index in [1.54, 1.807) is 17.8 Å². The van der Waals surface area contributed by atoms with Gasteiger partial charge in [-0.1, -0.05) is 12.1 Å². The Morgan fingerprint density at radius 2 is 2.00 bits per heavy atom. The fourth-order valence-electron chi connectivity index (χ4n) is 2.65. The average Bonchev–Trinajstić information content (AvgIpc) is 3.20. The molecule has 2 amide bonds. The van der Waals surface area contributed by atoms with Crippen molar-refractivity contribution >= 4 is 22.8 Å². The van der Waals surface area contributed by atoms with Gasteiger partial charge in [-0.15, -0.1) is 0 Å². The number of rotatable bonds is 7. The quantitative estimate of drug-likeness (QED) is 0.619. The van der Waals surface area contributed by atoms with Gasteiger partial charge in [-0.05, 0) is 31.5 Å². The van der Waals surface area contributed by atoms with E-state index in [-0.39, 0.29) is 18.4 Å². The Bertz CT molecular complexity index is 907. The normalized spacial score (nSPS) is 10.8. The highest BCUT2D eigenvalue weighted by molar-refractivity contribution is 5.94. The number of amides is 2. The number of benzene rings is 1. The number of imidazole rings is 1. The summed E-state index contributed by atoms with van der Waals surface area (Å²) in [5.74, 6) is -0.574. The monoisotopic (exact) mass is 354 g/mol. The zero-order valence-corrected chi connectivity index (χ0v) is 14.9. The molecule has 0 spiro atoms. The van der Waals surface area contributed by atoms with Crippen molar-refractivity contribution < 1.29 is 9.59 Å². The molecule has 0 radical (unpaired) electrons. The van der Waals surface area contributed by atoms with Crippen LogP contribution in [0, 0.1) is 6.92 Å². The molecule has 8 nitrogen and oxygen atoms in total. The molecule has 2 heterocycles. The molecule has 136 valence electrons. The van der Waals surface area contributed by atoms with Crippen molar-refractivity contribution in [3.63, 3.8) is 0 Å². The van der Waals surface area contributed by atoms with Crippen LogP contribution in [0.3, 0.4) is 0 Å². The van der Waals surface area contributed by atoms with Crippen molar-refractivity contribution in [2.45, 2.75) is 19.9 Å². The first-order chi connectivity index (χ1) is 12.5. The average molecular weight is 354 g/mol. The third-order valence-corrected chi connectivity index (χ3v) is 4.18. The van der Waals surface area contributed by atoms with Crippen molar-refractivity contribution in [2.24, 2.45) is 7.05 Å². The summed E-state index contributed by atoms with van der Waals surface area (Å²) in [5.41, 5.74) is 3.23. The molecule has 0 aliphatic heterocycles. The highest BCUT2D eigenvalue weighted by Crippen LogP contribution is 2.11. The van der Waals surface area contributed by atoms with Crippen molar-refractivity contribution in [3.8, 4) is 0 Å². The Morgan fingerprint density at radius 3 is 2.77 bits per heavy atom. The summed E-state index contributed by atoms with van der Waals surface area (Å²) in [6.07, 6.45) is 2.58. The Balaban J connectivity index is 1.38. The van der Waals surface area contributed by atoms with Gasteiger partial charge < -0.3 is 15.2 Å². The van der Waals surface area contributed by atoms with Crippen molar-refractivity contribution in [3.05, 3.63) is 48.0 Å². The third-order valence-electron chi connectivity index (χ3n) is 4.18. The highest BCUT2D eigenvalue weighted by Gasteiger charge is 2.12. The lowest BCUT2D eigenvalue weighted by Gasteiger charge is -2.07. The van der Waals surface area contributed by atoms with Gasteiger partial charge in [0.05, 0.1) is 23.9 Å². The first-order valence-electron chi connectivity index (χ1n) is 8.50. The molecule has 0 atom stereocenters. The van der Waals surface area contributed by atoms with Crippen LogP contribution in [-0.4, -0.2) is 44.2 Å². The minimum Gasteiger partial charge on any atom is -0.355 e.